The fraction of sp³-hybridized carbons (Fsp3) is 0.348. The molecule has 0 atom stereocenters. The van der Waals surface area contributed by atoms with Crippen LogP contribution in [-0.4, -0.2) is 26.4 Å². The van der Waals surface area contributed by atoms with E-state index in [0.29, 0.717) is 0 Å². The van der Waals surface area contributed by atoms with Crippen LogP contribution >= 0.6 is 0 Å². The zero-order chi connectivity index (χ0) is 18.9. The van der Waals surface area contributed by atoms with Crippen LogP contribution in [0.5, 0.6) is 0 Å². The van der Waals surface area contributed by atoms with Gasteiger partial charge in [0.1, 0.15) is 5.82 Å². The third kappa shape index (κ3) is 4.06. The van der Waals surface area contributed by atoms with Crippen molar-refractivity contribution in [1.82, 2.24) is 19.9 Å². The first-order chi connectivity index (χ1) is 13.0. The number of nitrogens with zero attached hydrogens (tertiary/aromatic N) is 4. The van der Waals surface area contributed by atoms with E-state index in [1.807, 2.05) is 30.6 Å². The highest BCUT2D eigenvalue weighted by atomic mass is 15.1. The first-order valence-electron chi connectivity index (χ1n) is 9.57. The van der Waals surface area contributed by atoms with Crippen molar-refractivity contribution < 1.29 is 0 Å². The van der Waals surface area contributed by atoms with Crippen molar-refractivity contribution in [2.45, 2.75) is 45.7 Å². The molecule has 0 bridgehead atoms. The molecule has 4 nitrogen and oxygen atoms in total. The van der Waals surface area contributed by atoms with E-state index in [4.69, 9.17) is 4.98 Å². The summed E-state index contributed by atoms with van der Waals surface area (Å²) in [5.41, 5.74) is 5.88. The van der Waals surface area contributed by atoms with Crippen LogP contribution in [0.25, 0.3) is 11.3 Å². The Morgan fingerprint density at radius 2 is 1.78 bits per heavy atom. The van der Waals surface area contributed by atoms with Crippen molar-refractivity contribution in [2.24, 2.45) is 0 Å². The molecule has 0 amide bonds. The van der Waals surface area contributed by atoms with Crippen molar-refractivity contribution in [1.29, 1.82) is 0 Å². The summed E-state index contributed by atoms with van der Waals surface area (Å²) >= 11 is 0. The molecule has 0 saturated heterocycles. The molecular weight excluding hydrogens is 332 g/mol. The average Bonchev–Trinajstić information content (AvgIpc) is 2.68. The number of fused-ring (bicyclic) bond motifs is 1. The predicted octanol–water partition coefficient (Wildman–Crippen LogP) is 4.39. The minimum Gasteiger partial charge on any atom is -0.294 e. The predicted molar refractivity (Wildman–Crippen MR) is 108 cm³/mol. The van der Waals surface area contributed by atoms with Gasteiger partial charge in [-0.25, -0.2) is 9.97 Å². The molecule has 1 aromatic carbocycles. The van der Waals surface area contributed by atoms with Gasteiger partial charge in [-0.3, -0.25) is 9.88 Å². The van der Waals surface area contributed by atoms with E-state index in [0.717, 1.165) is 43.1 Å². The third-order valence-corrected chi connectivity index (χ3v) is 4.98. The van der Waals surface area contributed by atoms with E-state index in [2.05, 4.69) is 59.9 Å². The van der Waals surface area contributed by atoms with Crippen LogP contribution in [0.2, 0.25) is 0 Å². The molecule has 1 aliphatic rings. The monoisotopic (exact) mass is 358 g/mol. The molecule has 1 aliphatic heterocycles. The van der Waals surface area contributed by atoms with Crippen molar-refractivity contribution in [2.75, 3.05) is 6.54 Å². The van der Waals surface area contributed by atoms with Gasteiger partial charge in [0.05, 0.1) is 5.69 Å². The van der Waals surface area contributed by atoms with E-state index < -0.39 is 0 Å². The first-order valence-corrected chi connectivity index (χ1v) is 9.57. The molecule has 138 valence electrons. The van der Waals surface area contributed by atoms with Gasteiger partial charge in [-0.2, -0.15) is 0 Å². The number of aromatic nitrogens is 3. The van der Waals surface area contributed by atoms with Crippen molar-refractivity contribution in [3.63, 3.8) is 0 Å². The van der Waals surface area contributed by atoms with Gasteiger partial charge in [-0.15, -0.1) is 0 Å². The highest BCUT2D eigenvalue weighted by Crippen LogP contribution is 2.23. The maximum atomic E-state index is 4.82. The van der Waals surface area contributed by atoms with E-state index in [1.54, 1.807) is 0 Å². The second-order valence-corrected chi connectivity index (χ2v) is 8.29. The fourth-order valence-corrected chi connectivity index (χ4v) is 3.43. The molecule has 0 aliphatic carbocycles. The van der Waals surface area contributed by atoms with E-state index in [1.165, 1.54) is 16.8 Å². The summed E-state index contributed by atoms with van der Waals surface area (Å²) in [6.45, 7) is 9.32. The number of hydrogen-bond donors (Lipinski definition) is 0. The van der Waals surface area contributed by atoms with Crippen molar-refractivity contribution in [3.05, 3.63) is 77.5 Å². The van der Waals surface area contributed by atoms with Crippen LogP contribution in [0.4, 0.5) is 0 Å². The van der Waals surface area contributed by atoms with Crippen LogP contribution in [0, 0.1) is 0 Å². The smallest absolute Gasteiger partial charge is 0.133 e. The highest BCUT2D eigenvalue weighted by molar-refractivity contribution is 5.58. The van der Waals surface area contributed by atoms with Gasteiger partial charge in [-0.1, -0.05) is 57.2 Å². The Labute approximate surface area is 161 Å². The zero-order valence-corrected chi connectivity index (χ0v) is 16.3. The molecule has 2 aromatic heterocycles. The van der Waals surface area contributed by atoms with Gasteiger partial charge < -0.3 is 0 Å². The van der Waals surface area contributed by atoms with Crippen LogP contribution in [0.3, 0.4) is 0 Å². The third-order valence-electron chi connectivity index (χ3n) is 4.98. The molecule has 4 heteroatoms. The maximum absolute atomic E-state index is 4.82. The standard InChI is InChI=1S/C23H26N4/c1-23(2,3)22-25-14-19-16-27(12-11-21(19)26-22)15-17-9-10-20(24-13-17)18-7-5-4-6-8-18/h4-10,13-14H,11-12,15-16H2,1-3H3. The summed E-state index contributed by atoms with van der Waals surface area (Å²) in [7, 11) is 0. The second-order valence-electron chi connectivity index (χ2n) is 8.29. The molecule has 0 fully saturated rings. The summed E-state index contributed by atoms with van der Waals surface area (Å²) in [6.07, 6.45) is 5.00. The SMILES string of the molecule is CC(C)(C)c1ncc2c(n1)CCN(Cc1ccc(-c3ccccc3)nc1)C2. The van der Waals surface area contributed by atoms with E-state index in [-0.39, 0.29) is 5.41 Å². The van der Waals surface area contributed by atoms with Gasteiger partial charge in [-0.05, 0) is 11.6 Å². The topological polar surface area (TPSA) is 41.9 Å². The van der Waals surface area contributed by atoms with Gasteiger partial charge in [0.25, 0.3) is 0 Å². The van der Waals surface area contributed by atoms with Crippen LogP contribution in [0.1, 0.15) is 43.4 Å². The molecule has 0 radical (unpaired) electrons. The summed E-state index contributed by atoms with van der Waals surface area (Å²) in [5.74, 6) is 0.940. The Balaban J connectivity index is 1.44. The minimum atomic E-state index is -0.00165. The molecule has 3 heterocycles. The summed E-state index contributed by atoms with van der Waals surface area (Å²) in [6, 6.07) is 14.6. The van der Waals surface area contributed by atoms with Crippen molar-refractivity contribution in [3.8, 4) is 11.3 Å². The number of rotatable bonds is 3. The highest BCUT2D eigenvalue weighted by Gasteiger charge is 2.22. The zero-order valence-electron chi connectivity index (χ0n) is 16.3. The quantitative estimate of drug-likeness (QED) is 0.696. The van der Waals surface area contributed by atoms with Gasteiger partial charge >= 0.3 is 0 Å². The largest absolute Gasteiger partial charge is 0.294 e. The molecule has 27 heavy (non-hydrogen) atoms. The molecule has 4 rings (SSSR count). The minimum absolute atomic E-state index is 0.00165. The average molecular weight is 358 g/mol. The van der Waals surface area contributed by atoms with Gasteiger partial charge in [0.15, 0.2) is 0 Å². The lowest BCUT2D eigenvalue weighted by atomic mass is 9.95. The summed E-state index contributed by atoms with van der Waals surface area (Å²) in [4.78, 5) is 16.5. The Morgan fingerprint density at radius 1 is 0.963 bits per heavy atom. The van der Waals surface area contributed by atoms with Crippen LogP contribution in [0.15, 0.2) is 54.9 Å². The van der Waals surface area contributed by atoms with Gasteiger partial charge in [0, 0.05) is 60.7 Å². The van der Waals surface area contributed by atoms with E-state index >= 15 is 0 Å². The number of pyridine rings is 1. The Bertz CT molecular complexity index is 911. The lowest BCUT2D eigenvalue weighted by Gasteiger charge is -2.29. The normalized spacial score (nSPS) is 14.8. The first kappa shape index (κ1) is 17.8. The summed E-state index contributed by atoms with van der Waals surface area (Å²) < 4.78 is 0. The van der Waals surface area contributed by atoms with Crippen LogP contribution < -0.4 is 0 Å². The molecular formula is C23H26N4. The second kappa shape index (κ2) is 7.20. The number of benzene rings is 1. The van der Waals surface area contributed by atoms with E-state index in [9.17, 15) is 0 Å². The summed E-state index contributed by atoms with van der Waals surface area (Å²) in [5, 5.41) is 0. The Hall–Kier alpha value is -2.59. The Kier molecular flexibility index (Phi) is 4.75. The Morgan fingerprint density at radius 3 is 2.48 bits per heavy atom. The molecule has 0 spiro atoms. The molecule has 0 saturated carbocycles. The van der Waals surface area contributed by atoms with Gasteiger partial charge in [0.2, 0.25) is 0 Å². The number of hydrogen-bond acceptors (Lipinski definition) is 4. The van der Waals surface area contributed by atoms with Crippen LogP contribution in [-0.2, 0) is 24.9 Å². The fourth-order valence-electron chi connectivity index (χ4n) is 3.43. The van der Waals surface area contributed by atoms with Crippen molar-refractivity contribution >= 4 is 0 Å². The molecule has 0 unspecified atom stereocenters. The lowest BCUT2D eigenvalue weighted by molar-refractivity contribution is 0.242. The molecule has 0 N–H and O–H groups in total. The molecule has 3 aromatic rings. The maximum Gasteiger partial charge on any atom is 0.133 e. The lowest BCUT2D eigenvalue weighted by Crippen LogP contribution is -2.32.